The number of ether oxygens (including phenoxy) is 1. The summed E-state index contributed by atoms with van der Waals surface area (Å²) in [6.45, 7) is 12.0. The Hall–Kier alpha value is -5.17. The second-order valence-electron chi connectivity index (χ2n) is 11.7. The lowest BCUT2D eigenvalue weighted by Crippen LogP contribution is -2.63. The molecule has 0 radical (unpaired) electrons. The lowest BCUT2D eigenvalue weighted by Gasteiger charge is -2.41. The molecule has 6 rings (SSSR count). The molecule has 1 unspecified atom stereocenters. The van der Waals surface area contributed by atoms with Gasteiger partial charge in [-0.05, 0) is 36.0 Å². The lowest BCUT2D eigenvalue weighted by molar-refractivity contribution is -0.150. The summed E-state index contributed by atoms with van der Waals surface area (Å²) in [5.41, 5.74) is 4.88. The van der Waals surface area contributed by atoms with E-state index in [0.29, 0.717) is 55.7 Å². The molecule has 0 spiro atoms. The Morgan fingerprint density at radius 3 is 2.62 bits per heavy atom. The molecular formula is C36H40N8O4. The highest BCUT2D eigenvalue weighted by Crippen LogP contribution is 2.26. The van der Waals surface area contributed by atoms with Crippen molar-refractivity contribution >= 4 is 36.1 Å². The summed E-state index contributed by atoms with van der Waals surface area (Å²) in [5.74, 6) is 1.11. The van der Waals surface area contributed by atoms with Crippen LogP contribution >= 0.6 is 0 Å². The summed E-state index contributed by atoms with van der Waals surface area (Å²) in [5, 5.41) is 10.9. The van der Waals surface area contributed by atoms with Crippen molar-refractivity contribution in [1.29, 1.82) is 0 Å². The predicted octanol–water partition coefficient (Wildman–Crippen LogP) is 3.62. The summed E-state index contributed by atoms with van der Waals surface area (Å²) in [4.78, 5) is 41.4. The van der Waals surface area contributed by atoms with Gasteiger partial charge in [0.25, 0.3) is 0 Å². The molecule has 12 nitrogen and oxygen atoms in total. The molecule has 2 fully saturated rings. The van der Waals surface area contributed by atoms with Crippen molar-refractivity contribution in [3.63, 3.8) is 0 Å². The number of morpholine rings is 1. The summed E-state index contributed by atoms with van der Waals surface area (Å²) < 4.78 is 11.0. The predicted molar refractivity (Wildman–Crippen MR) is 184 cm³/mol. The van der Waals surface area contributed by atoms with Crippen LogP contribution in [0.25, 0.3) is 17.5 Å². The van der Waals surface area contributed by atoms with Gasteiger partial charge in [0.2, 0.25) is 11.8 Å². The van der Waals surface area contributed by atoms with Crippen LogP contribution in [0.5, 0.6) is 0 Å². The number of hydrogen-bond acceptors (Lipinski definition) is 10. The highest BCUT2D eigenvalue weighted by molar-refractivity contribution is 5.87. The minimum atomic E-state index is -0.396. The maximum Gasteiger partial charge on any atom is 0.242 e. The van der Waals surface area contributed by atoms with Gasteiger partial charge in [0.05, 0.1) is 44.2 Å². The fourth-order valence-electron chi connectivity index (χ4n) is 5.95. The first-order valence-electron chi connectivity index (χ1n) is 16.0. The van der Waals surface area contributed by atoms with Crippen molar-refractivity contribution < 1.29 is 18.8 Å². The molecule has 12 heteroatoms. The highest BCUT2D eigenvalue weighted by Gasteiger charge is 2.35. The lowest BCUT2D eigenvalue weighted by atomic mass is 10.0. The summed E-state index contributed by atoms with van der Waals surface area (Å²) in [6.07, 6.45) is 1.34. The monoisotopic (exact) mass is 648 g/mol. The number of piperazine rings is 1. The molecule has 2 saturated heterocycles. The van der Waals surface area contributed by atoms with Gasteiger partial charge in [0.1, 0.15) is 24.2 Å². The third-order valence-electron chi connectivity index (χ3n) is 8.51. The van der Waals surface area contributed by atoms with Crippen molar-refractivity contribution in [3.05, 3.63) is 102 Å². The average Bonchev–Trinajstić information content (AvgIpc) is 3.61. The van der Waals surface area contributed by atoms with E-state index in [4.69, 9.17) is 14.2 Å². The molecule has 2 aromatic heterocycles. The molecule has 0 bridgehead atoms. The molecule has 248 valence electrons. The number of hydrogen-bond donors (Lipinski definition) is 2. The Kier molecular flexibility index (Phi) is 10.7. The molecule has 0 saturated carbocycles. The Morgan fingerprint density at radius 1 is 1.02 bits per heavy atom. The van der Waals surface area contributed by atoms with Crippen molar-refractivity contribution in [3.8, 4) is 11.4 Å². The zero-order chi connectivity index (χ0) is 33.3. The van der Waals surface area contributed by atoms with E-state index in [1.165, 1.54) is 0 Å². The number of aliphatic imine (C=N–C) groups is 1. The van der Waals surface area contributed by atoms with Gasteiger partial charge in [-0.3, -0.25) is 19.9 Å². The van der Waals surface area contributed by atoms with Crippen LogP contribution in [0.4, 0.5) is 11.5 Å². The Labute approximate surface area is 280 Å². The minimum Gasteiger partial charge on any atom is -0.378 e. The number of anilines is 1. The first kappa shape index (κ1) is 32.8. The largest absolute Gasteiger partial charge is 0.378 e. The number of nitrogens with zero attached hydrogens (tertiary/aromatic N) is 6. The Balaban J connectivity index is 1.09. The van der Waals surface area contributed by atoms with Gasteiger partial charge < -0.3 is 29.3 Å². The molecule has 1 atom stereocenters. The number of nitrogens with one attached hydrogen (secondary N) is 2. The van der Waals surface area contributed by atoms with E-state index in [9.17, 15) is 9.59 Å². The van der Waals surface area contributed by atoms with E-state index in [0.717, 1.165) is 35.6 Å². The fraction of sp³-hybridized carbons (Fsp3) is 0.306. The first-order chi connectivity index (χ1) is 23.5. The van der Waals surface area contributed by atoms with E-state index >= 15 is 0 Å². The molecule has 48 heavy (non-hydrogen) atoms. The third-order valence-corrected chi connectivity index (χ3v) is 8.51. The molecule has 4 aromatic rings. The van der Waals surface area contributed by atoms with Gasteiger partial charge in [-0.2, -0.15) is 0 Å². The highest BCUT2D eigenvalue weighted by atomic mass is 16.5. The SMILES string of the molecule is C=Cc1c(CN2CC(NCc3ccccc3)N(C(=O)CNCc3cc(-c4cccc(N5CCOCC5)n4)no3)CC2=O)cccc1N=C. The number of aromatic nitrogens is 2. The molecule has 2 aliphatic rings. The number of carbonyl (C=O) groups excluding carboxylic acids is 2. The van der Waals surface area contributed by atoms with Crippen LogP contribution in [0, 0.1) is 0 Å². The Bertz CT molecular complexity index is 1740. The van der Waals surface area contributed by atoms with Crippen LogP contribution in [0.15, 0.2) is 88.9 Å². The van der Waals surface area contributed by atoms with E-state index in [1.807, 2.05) is 72.8 Å². The molecule has 2 aromatic carbocycles. The van der Waals surface area contributed by atoms with Gasteiger partial charge >= 0.3 is 0 Å². The third kappa shape index (κ3) is 7.85. The van der Waals surface area contributed by atoms with Gasteiger partial charge in [-0.1, -0.05) is 66.3 Å². The van der Waals surface area contributed by atoms with E-state index < -0.39 is 6.17 Å². The summed E-state index contributed by atoms with van der Waals surface area (Å²) in [7, 11) is 0. The average molecular weight is 649 g/mol. The fourth-order valence-corrected chi connectivity index (χ4v) is 5.95. The quantitative estimate of drug-likeness (QED) is 0.209. The maximum absolute atomic E-state index is 13.6. The number of rotatable bonds is 13. The molecule has 2 amide bonds. The molecule has 2 N–H and O–H groups in total. The van der Waals surface area contributed by atoms with Crippen LogP contribution in [0.2, 0.25) is 0 Å². The number of benzene rings is 2. The van der Waals surface area contributed by atoms with E-state index in [-0.39, 0.29) is 31.4 Å². The van der Waals surface area contributed by atoms with Crippen molar-refractivity contribution in [1.82, 2.24) is 30.6 Å². The normalized spacial score (nSPS) is 16.6. The van der Waals surface area contributed by atoms with Crippen molar-refractivity contribution in [2.24, 2.45) is 4.99 Å². The van der Waals surface area contributed by atoms with Gasteiger partial charge in [-0.15, -0.1) is 0 Å². The van der Waals surface area contributed by atoms with Crippen LogP contribution in [0.1, 0.15) is 22.5 Å². The molecule has 2 aliphatic heterocycles. The second-order valence-corrected chi connectivity index (χ2v) is 11.7. The standard InChI is InChI=1S/C36H40N8O4/c1-3-29-27(11-7-12-30(29)37-2)23-43-24-34(39-20-26-9-5-4-6-10-26)44(25-36(43)46)35(45)22-38-21-28-19-32(41-48-28)31-13-8-14-33(40-31)42-15-17-47-18-16-42/h3-14,19,34,38-39H,1-2,15-18,20-25H2. The molecular weight excluding hydrogens is 608 g/mol. The number of amides is 2. The van der Waals surface area contributed by atoms with Crippen LogP contribution in [-0.4, -0.2) is 90.6 Å². The van der Waals surface area contributed by atoms with E-state index in [2.05, 4.69) is 39.0 Å². The minimum absolute atomic E-state index is 0.0191. The molecule has 0 aliphatic carbocycles. The smallest absolute Gasteiger partial charge is 0.242 e. The van der Waals surface area contributed by atoms with Crippen LogP contribution in [0.3, 0.4) is 0 Å². The summed E-state index contributed by atoms with van der Waals surface area (Å²) in [6, 6.07) is 23.3. The van der Waals surface area contributed by atoms with Crippen LogP contribution in [-0.2, 0) is 34.0 Å². The van der Waals surface area contributed by atoms with Crippen LogP contribution < -0.4 is 15.5 Å². The zero-order valence-corrected chi connectivity index (χ0v) is 26.9. The second kappa shape index (κ2) is 15.6. The van der Waals surface area contributed by atoms with Crippen molar-refractivity contribution in [2.45, 2.75) is 25.8 Å². The Morgan fingerprint density at radius 2 is 1.83 bits per heavy atom. The summed E-state index contributed by atoms with van der Waals surface area (Å²) >= 11 is 0. The van der Waals surface area contributed by atoms with Crippen molar-refractivity contribution in [2.75, 3.05) is 50.8 Å². The van der Waals surface area contributed by atoms with Gasteiger partial charge in [-0.25, -0.2) is 4.98 Å². The number of pyridine rings is 1. The number of carbonyl (C=O) groups is 2. The first-order valence-corrected chi connectivity index (χ1v) is 16.0. The van der Waals surface area contributed by atoms with E-state index in [1.54, 1.807) is 15.9 Å². The molecule has 4 heterocycles. The zero-order valence-electron chi connectivity index (χ0n) is 26.9. The topological polar surface area (TPSA) is 128 Å². The maximum atomic E-state index is 13.6. The van der Waals surface area contributed by atoms with Gasteiger partial charge in [0.15, 0.2) is 5.76 Å². The van der Waals surface area contributed by atoms with Gasteiger partial charge in [0, 0.05) is 37.8 Å².